The molecule has 1 aromatic heterocycles. The number of imidazole rings is 1. The van der Waals surface area contributed by atoms with Crippen LogP contribution in [0, 0.1) is 12.8 Å². The molecule has 3 heterocycles. The maximum Gasteiger partial charge on any atom is 0.216 e. The molecule has 0 spiro atoms. The number of ether oxygens (including phenoxy) is 1. The van der Waals surface area contributed by atoms with E-state index in [1.165, 1.54) is 5.57 Å². The standard InChI is InChI=1S/C34H40N4O2/c1-10-13-21-35-31(12-3)38-30(22-37-28(9)29(36-34(37)38)20-16-17-23(4)11-2)27(8)32(39)33-26(7)24(5)18-14-15-19-25(6)40-33/h10,12-16,18-21,24,39H,1,3-4,6-7,11,17,22H2,2,5,8-9H3/b18-14-,19-15-,20-16-,21-13-,30-27+,33-32-,35-31+. The van der Waals surface area contributed by atoms with Gasteiger partial charge in [-0.2, -0.15) is 0 Å². The third-order valence-corrected chi connectivity index (χ3v) is 6.91. The summed E-state index contributed by atoms with van der Waals surface area (Å²) in [7, 11) is 0. The lowest BCUT2D eigenvalue weighted by atomic mass is 9.98. The summed E-state index contributed by atoms with van der Waals surface area (Å²) in [4.78, 5) is 11.5. The Balaban J connectivity index is 2.19. The molecule has 208 valence electrons. The van der Waals surface area contributed by atoms with Gasteiger partial charge in [0.1, 0.15) is 11.6 Å². The van der Waals surface area contributed by atoms with Crippen LogP contribution in [0.15, 0.2) is 132 Å². The molecule has 1 aromatic rings. The fourth-order valence-corrected chi connectivity index (χ4v) is 4.24. The summed E-state index contributed by atoms with van der Waals surface area (Å²) in [5.74, 6) is 1.84. The van der Waals surface area contributed by atoms with Crippen molar-refractivity contribution in [1.29, 1.82) is 0 Å². The Hall–Kier alpha value is -4.58. The van der Waals surface area contributed by atoms with Crippen molar-refractivity contribution >= 4 is 17.9 Å². The summed E-state index contributed by atoms with van der Waals surface area (Å²) in [6.45, 7) is 28.4. The van der Waals surface area contributed by atoms with Crippen LogP contribution in [-0.2, 0) is 11.3 Å². The molecule has 1 N–H and O–H groups in total. The van der Waals surface area contributed by atoms with Gasteiger partial charge in [0, 0.05) is 23.4 Å². The van der Waals surface area contributed by atoms with Crippen LogP contribution in [0.2, 0.25) is 0 Å². The largest absolute Gasteiger partial charge is 0.504 e. The van der Waals surface area contributed by atoms with Gasteiger partial charge in [-0.3, -0.25) is 4.90 Å². The molecule has 3 rings (SSSR count). The first-order valence-corrected chi connectivity index (χ1v) is 13.4. The zero-order valence-electron chi connectivity index (χ0n) is 24.2. The molecule has 6 nitrogen and oxygen atoms in total. The van der Waals surface area contributed by atoms with E-state index in [2.05, 4.69) is 55.5 Å². The van der Waals surface area contributed by atoms with E-state index in [0.29, 0.717) is 35.2 Å². The lowest BCUT2D eigenvalue weighted by Gasteiger charge is -2.22. The van der Waals surface area contributed by atoms with Crippen LogP contribution in [0.25, 0.3) is 6.08 Å². The molecule has 0 fully saturated rings. The number of amidine groups is 1. The van der Waals surface area contributed by atoms with Crippen LogP contribution in [-0.4, -0.2) is 20.5 Å². The summed E-state index contributed by atoms with van der Waals surface area (Å²) < 4.78 is 8.12. The third kappa shape index (κ3) is 6.52. The van der Waals surface area contributed by atoms with Crippen molar-refractivity contribution in [3.63, 3.8) is 0 Å². The molecule has 1 unspecified atom stereocenters. The highest BCUT2D eigenvalue weighted by molar-refractivity contribution is 6.08. The molecule has 0 bridgehead atoms. The molecule has 1 atom stereocenters. The fourth-order valence-electron chi connectivity index (χ4n) is 4.24. The van der Waals surface area contributed by atoms with Crippen LogP contribution >= 0.6 is 0 Å². The predicted octanol–water partition coefficient (Wildman–Crippen LogP) is 8.56. The first-order chi connectivity index (χ1) is 19.1. The smallest absolute Gasteiger partial charge is 0.216 e. The van der Waals surface area contributed by atoms with Crippen molar-refractivity contribution in [2.75, 3.05) is 4.90 Å². The predicted molar refractivity (Wildman–Crippen MR) is 169 cm³/mol. The van der Waals surface area contributed by atoms with Crippen molar-refractivity contribution in [2.45, 2.75) is 47.1 Å². The molecule has 0 saturated carbocycles. The number of aliphatic imine (C=N–C) groups is 1. The van der Waals surface area contributed by atoms with Gasteiger partial charge in [0.15, 0.2) is 11.5 Å². The highest BCUT2D eigenvalue weighted by Gasteiger charge is 2.34. The minimum Gasteiger partial charge on any atom is -0.504 e. The summed E-state index contributed by atoms with van der Waals surface area (Å²) in [5, 5.41) is 11.6. The number of nitrogens with zero attached hydrogens (tertiary/aromatic N) is 4. The number of aliphatic hydroxyl groups excluding tert-OH is 1. The maximum absolute atomic E-state index is 11.6. The average Bonchev–Trinajstić information content (AvgIpc) is 3.47. The van der Waals surface area contributed by atoms with Gasteiger partial charge < -0.3 is 14.4 Å². The Morgan fingerprint density at radius 2 is 2.02 bits per heavy atom. The molecular formula is C34H40N4O2. The van der Waals surface area contributed by atoms with Crippen LogP contribution in [0.1, 0.15) is 45.0 Å². The number of hydrogen-bond donors (Lipinski definition) is 1. The van der Waals surface area contributed by atoms with Crippen LogP contribution < -0.4 is 4.90 Å². The van der Waals surface area contributed by atoms with Gasteiger partial charge in [-0.1, -0.05) is 82.7 Å². The highest BCUT2D eigenvalue weighted by Crippen LogP contribution is 2.37. The fraction of sp³-hybridized carbons (Fsp3) is 0.235. The minimum absolute atomic E-state index is 0.0200. The highest BCUT2D eigenvalue weighted by atomic mass is 16.5. The van der Waals surface area contributed by atoms with Gasteiger partial charge in [-0.05, 0) is 56.6 Å². The van der Waals surface area contributed by atoms with E-state index < -0.39 is 0 Å². The van der Waals surface area contributed by atoms with E-state index in [-0.39, 0.29) is 17.4 Å². The Morgan fingerprint density at radius 1 is 1.27 bits per heavy atom. The van der Waals surface area contributed by atoms with Crippen molar-refractivity contribution in [3.8, 4) is 0 Å². The molecule has 0 saturated heterocycles. The topological polar surface area (TPSA) is 62.9 Å². The molecule has 0 aromatic carbocycles. The summed E-state index contributed by atoms with van der Waals surface area (Å²) in [5.41, 5.74) is 5.07. The van der Waals surface area contributed by atoms with E-state index in [1.54, 1.807) is 30.5 Å². The maximum atomic E-state index is 11.6. The second-order valence-corrected chi connectivity index (χ2v) is 9.66. The van der Waals surface area contributed by atoms with Gasteiger partial charge in [0.2, 0.25) is 5.95 Å². The molecule has 0 amide bonds. The third-order valence-electron chi connectivity index (χ3n) is 6.91. The van der Waals surface area contributed by atoms with Crippen molar-refractivity contribution in [2.24, 2.45) is 10.9 Å². The second-order valence-electron chi connectivity index (χ2n) is 9.66. The van der Waals surface area contributed by atoms with Crippen LogP contribution in [0.3, 0.4) is 0 Å². The number of aliphatic hydroxyl groups is 1. The van der Waals surface area contributed by atoms with E-state index >= 15 is 0 Å². The van der Waals surface area contributed by atoms with E-state index in [1.807, 2.05) is 50.0 Å². The molecular weight excluding hydrogens is 496 g/mol. The van der Waals surface area contributed by atoms with Crippen molar-refractivity contribution in [3.05, 3.63) is 139 Å². The van der Waals surface area contributed by atoms with E-state index in [9.17, 15) is 5.11 Å². The lowest BCUT2D eigenvalue weighted by molar-refractivity contribution is 0.285. The summed E-state index contributed by atoms with van der Waals surface area (Å²) >= 11 is 0. The number of hydrogen-bond acceptors (Lipinski definition) is 4. The number of rotatable bonds is 8. The zero-order chi connectivity index (χ0) is 29.4. The summed E-state index contributed by atoms with van der Waals surface area (Å²) in [6.07, 6.45) is 20.1. The van der Waals surface area contributed by atoms with Gasteiger partial charge >= 0.3 is 0 Å². The van der Waals surface area contributed by atoms with Crippen molar-refractivity contribution < 1.29 is 9.84 Å². The Labute approximate surface area is 238 Å². The lowest BCUT2D eigenvalue weighted by Crippen LogP contribution is -2.27. The Morgan fingerprint density at radius 3 is 2.70 bits per heavy atom. The van der Waals surface area contributed by atoms with Gasteiger partial charge in [-0.15, -0.1) is 0 Å². The number of aromatic nitrogens is 2. The van der Waals surface area contributed by atoms with Gasteiger partial charge in [0.25, 0.3) is 0 Å². The molecule has 0 aliphatic carbocycles. The monoisotopic (exact) mass is 536 g/mol. The van der Waals surface area contributed by atoms with Gasteiger partial charge in [0.05, 0.1) is 17.9 Å². The zero-order valence-corrected chi connectivity index (χ0v) is 24.2. The first-order valence-electron chi connectivity index (χ1n) is 13.4. The average molecular weight is 537 g/mol. The van der Waals surface area contributed by atoms with Crippen molar-refractivity contribution in [1.82, 2.24) is 9.55 Å². The van der Waals surface area contributed by atoms with Crippen LogP contribution in [0.4, 0.5) is 5.95 Å². The SMILES string of the molecule is C=C/C=C\N=C(/C=C)N1/C(=C(C)/C(O)=C2/OC(=C)/C=C\C=C/C(C)C2=C)Cn2c1nc(/C=C\CC(=C)CC)c2C. The number of fused-ring (bicyclic) bond motifs is 1. The van der Waals surface area contributed by atoms with Crippen LogP contribution in [0.5, 0.6) is 0 Å². The number of anilines is 1. The number of allylic oxidation sites excluding steroid dienone is 11. The minimum atomic E-state index is -0.0599. The molecule has 2 aliphatic rings. The quantitative estimate of drug-likeness (QED) is 0.119. The first kappa shape index (κ1) is 30.0. The Kier molecular flexibility index (Phi) is 10.1. The second kappa shape index (κ2) is 13.5. The normalized spacial score (nSPS) is 21.9. The molecule has 6 heteroatoms. The Bertz CT molecular complexity index is 1440. The molecule has 40 heavy (non-hydrogen) atoms. The molecule has 2 aliphatic heterocycles. The summed E-state index contributed by atoms with van der Waals surface area (Å²) in [6, 6.07) is 0. The molecule has 0 radical (unpaired) electrons. The van der Waals surface area contributed by atoms with E-state index in [4.69, 9.17) is 9.72 Å². The van der Waals surface area contributed by atoms with Gasteiger partial charge in [-0.25, -0.2) is 9.98 Å². The van der Waals surface area contributed by atoms with E-state index in [0.717, 1.165) is 29.9 Å².